The molecule has 0 heterocycles. The van der Waals surface area contributed by atoms with E-state index in [0.29, 0.717) is 22.7 Å². The van der Waals surface area contributed by atoms with Crippen LogP contribution in [0.5, 0.6) is 0 Å². The highest BCUT2D eigenvalue weighted by Crippen LogP contribution is 2.27. The maximum absolute atomic E-state index is 13.8. The zero-order chi connectivity index (χ0) is 15.6. The molecule has 2 rings (SSSR count). The lowest BCUT2D eigenvalue weighted by Gasteiger charge is -2.19. The van der Waals surface area contributed by atoms with Crippen LogP contribution in [-0.4, -0.2) is 0 Å². The molecule has 0 aliphatic heterocycles. The van der Waals surface area contributed by atoms with Gasteiger partial charge < -0.3 is 0 Å². The van der Waals surface area contributed by atoms with E-state index in [1.165, 1.54) is 0 Å². The lowest BCUT2D eigenvalue weighted by atomic mass is 9.97. The number of nitrogens with one attached hydrogen (secondary N) is 1. The molecule has 3 N–H and O–H groups in total. The highest BCUT2D eigenvalue weighted by Gasteiger charge is 2.21. The second-order valence-electron chi connectivity index (χ2n) is 4.80. The first kappa shape index (κ1) is 15.8. The average molecular weight is 315 g/mol. The second kappa shape index (κ2) is 6.47. The predicted octanol–water partition coefficient (Wildman–Crippen LogP) is 3.81. The van der Waals surface area contributed by atoms with Gasteiger partial charge in [-0.05, 0) is 30.5 Å². The van der Waals surface area contributed by atoms with Crippen molar-refractivity contribution < 1.29 is 13.2 Å². The Morgan fingerprint density at radius 2 is 1.76 bits per heavy atom. The fourth-order valence-corrected chi connectivity index (χ4v) is 2.48. The fraction of sp³-hybridized carbons (Fsp3) is 0.200. The second-order valence-corrected chi connectivity index (χ2v) is 5.21. The molecule has 0 aromatic heterocycles. The summed E-state index contributed by atoms with van der Waals surface area (Å²) in [5.41, 5.74) is 3.70. The Morgan fingerprint density at radius 1 is 1.14 bits per heavy atom. The maximum atomic E-state index is 13.8. The minimum atomic E-state index is -0.987. The van der Waals surface area contributed by atoms with Gasteiger partial charge in [0.2, 0.25) is 0 Å². The lowest BCUT2D eigenvalue weighted by molar-refractivity contribution is 0.462. The number of hydrogen-bond donors (Lipinski definition) is 2. The summed E-state index contributed by atoms with van der Waals surface area (Å²) in [5, 5.41) is 0.484. The van der Waals surface area contributed by atoms with Crippen molar-refractivity contribution in [3.8, 4) is 0 Å². The number of hydrogen-bond acceptors (Lipinski definition) is 2. The lowest BCUT2D eigenvalue weighted by Crippen LogP contribution is -2.31. The molecule has 0 amide bonds. The van der Waals surface area contributed by atoms with Gasteiger partial charge in [0.1, 0.15) is 17.5 Å². The molecule has 0 bridgehead atoms. The summed E-state index contributed by atoms with van der Waals surface area (Å²) in [6.45, 7) is 1.88. The molecule has 6 heteroatoms. The van der Waals surface area contributed by atoms with Gasteiger partial charge in [-0.3, -0.25) is 11.3 Å². The summed E-state index contributed by atoms with van der Waals surface area (Å²) in [6.07, 6.45) is 0.176. The normalized spacial score (nSPS) is 12.5. The minimum Gasteiger partial charge on any atom is -0.271 e. The van der Waals surface area contributed by atoms with E-state index < -0.39 is 23.5 Å². The van der Waals surface area contributed by atoms with E-state index in [1.54, 1.807) is 12.1 Å². The Labute approximate surface area is 125 Å². The third-order valence-corrected chi connectivity index (χ3v) is 3.58. The molecule has 2 aromatic rings. The van der Waals surface area contributed by atoms with Crippen molar-refractivity contribution in [3.63, 3.8) is 0 Å². The van der Waals surface area contributed by atoms with Crippen LogP contribution >= 0.6 is 11.6 Å². The molecule has 0 aliphatic carbocycles. The molecular weight excluding hydrogens is 301 g/mol. The first-order valence-electron chi connectivity index (χ1n) is 6.28. The number of halogens is 4. The molecule has 112 valence electrons. The number of benzene rings is 2. The third-order valence-electron chi connectivity index (χ3n) is 3.23. The van der Waals surface area contributed by atoms with Gasteiger partial charge in [-0.15, -0.1) is 0 Å². The van der Waals surface area contributed by atoms with E-state index >= 15 is 0 Å². The molecule has 0 saturated carbocycles. The highest BCUT2D eigenvalue weighted by molar-refractivity contribution is 6.31. The van der Waals surface area contributed by atoms with Crippen LogP contribution in [-0.2, 0) is 6.42 Å². The molecule has 0 fully saturated rings. The Morgan fingerprint density at radius 3 is 2.29 bits per heavy atom. The average Bonchev–Trinajstić information content (AvgIpc) is 2.39. The van der Waals surface area contributed by atoms with Gasteiger partial charge in [0, 0.05) is 22.7 Å². The Balaban J connectivity index is 2.37. The number of nitrogens with two attached hydrogens (primary N) is 1. The van der Waals surface area contributed by atoms with Gasteiger partial charge in [0.15, 0.2) is 0 Å². The van der Waals surface area contributed by atoms with Crippen LogP contribution in [0.3, 0.4) is 0 Å². The van der Waals surface area contributed by atoms with Crippen molar-refractivity contribution in [3.05, 3.63) is 69.5 Å². The SMILES string of the molecule is Cc1ccc(CC(NN)c2c(F)cc(F)cc2F)c(Cl)c1. The minimum absolute atomic E-state index is 0.176. The van der Waals surface area contributed by atoms with Crippen molar-refractivity contribution in [2.24, 2.45) is 5.84 Å². The molecule has 2 aromatic carbocycles. The quantitative estimate of drug-likeness (QED) is 0.665. The van der Waals surface area contributed by atoms with E-state index in [-0.39, 0.29) is 12.0 Å². The van der Waals surface area contributed by atoms with E-state index in [2.05, 4.69) is 5.43 Å². The summed E-state index contributed by atoms with van der Waals surface area (Å²) < 4.78 is 40.6. The van der Waals surface area contributed by atoms with Crippen LogP contribution in [0.2, 0.25) is 5.02 Å². The molecule has 0 aliphatic rings. The van der Waals surface area contributed by atoms with Gasteiger partial charge in [-0.2, -0.15) is 0 Å². The molecule has 1 atom stereocenters. The monoisotopic (exact) mass is 314 g/mol. The topological polar surface area (TPSA) is 38.0 Å². The van der Waals surface area contributed by atoms with E-state index in [9.17, 15) is 13.2 Å². The van der Waals surface area contributed by atoms with Crippen molar-refractivity contribution in [1.82, 2.24) is 5.43 Å². The van der Waals surface area contributed by atoms with Crippen LogP contribution in [0.4, 0.5) is 13.2 Å². The van der Waals surface area contributed by atoms with Gasteiger partial charge >= 0.3 is 0 Å². The fourth-order valence-electron chi connectivity index (χ4n) is 2.17. The summed E-state index contributed by atoms with van der Waals surface area (Å²) in [7, 11) is 0. The van der Waals surface area contributed by atoms with Crippen LogP contribution in [0.25, 0.3) is 0 Å². The largest absolute Gasteiger partial charge is 0.271 e. The van der Waals surface area contributed by atoms with Gasteiger partial charge in [-0.25, -0.2) is 13.2 Å². The van der Waals surface area contributed by atoms with Crippen LogP contribution < -0.4 is 11.3 Å². The van der Waals surface area contributed by atoms with Crippen LogP contribution in [0.1, 0.15) is 22.7 Å². The van der Waals surface area contributed by atoms with Crippen LogP contribution in [0.15, 0.2) is 30.3 Å². The summed E-state index contributed by atoms with van der Waals surface area (Å²) in [6, 6.07) is 5.75. The summed E-state index contributed by atoms with van der Waals surface area (Å²) in [5.74, 6) is 2.44. The number of aryl methyl sites for hydroxylation is 1. The van der Waals surface area contributed by atoms with Crippen molar-refractivity contribution >= 4 is 11.6 Å². The maximum Gasteiger partial charge on any atom is 0.133 e. The first-order chi connectivity index (χ1) is 9.92. The molecule has 1 unspecified atom stereocenters. The molecule has 0 saturated heterocycles. The van der Waals surface area contributed by atoms with Crippen molar-refractivity contribution in [2.45, 2.75) is 19.4 Å². The van der Waals surface area contributed by atoms with Crippen LogP contribution in [0, 0.1) is 24.4 Å². The molecule has 0 spiro atoms. The van der Waals surface area contributed by atoms with Gasteiger partial charge in [0.25, 0.3) is 0 Å². The number of hydrazine groups is 1. The van der Waals surface area contributed by atoms with E-state index in [4.69, 9.17) is 17.4 Å². The zero-order valence-electron chi connectivity index (χ0n) is 11.3. The number of rotatable bonds is 4. The van der Waals surface area contributed by atoms with Crippen molar-refractivity contribution in [2.75, 3.05) is 0 Å². The van der Waals surface area contributed by atoms with E-state index in [1.807, 2.05) is 13.0 Å². The molecular formula is C15H14ClF3N2. The summed E-state index contributed by atoms with van der Waals surface area (Å²) >= 11 is 6.11. The zero-order valence-corrected chi connectivity index (χ0v) is 12.0. The highest BCUT2D eigenvalue weighted by atomic mass is 35.5. The van der Waals surface area contributed by atoms with Crippen molar-refractivity contribution in [1.29, 1.82) is 0 Å². The standard InChI is InChI=1S/C15H14ClF3N2/c1-8-2-3-9(11(16)4-8)5-14(21-20)15-12(18)6-10(17)7-13(15)19/h2-4,6-7,14,21H,5,20H2,1H3. The first-order valence-corrected chi connectivity index (χ1v) is 6.65. The smallest absolute Gasteiger partial charge is 0.133 e. The Kier molecular flexibility index (Phi) is 4.88. The van der Waals surface area contributed by atoms with E-state index in [0.717, 1.165) is 5.56 Å². The Hall–Kier alpha value is -1.56. The third kappa shape index (κ3) is 3.56. The van der Waals surface area contributed by atoms with Gasteiger partial charge in [-0.1, -0.05) is 23.7 Å². The van der Waals surface area contributed by atoms with Gasteiger partial charge in [0.05, 0.1) is 6.04 Å². The Bertz CT molecular complexity index is 638. The molecule has 21 heavy (non-hydrogen) atoms. The summed E-state index contributed by atoms with van der Waals surface area (Å²) in [4.78, 5) is 0. The molecule has 2 nitrogen and oxygen atoms in total. The molecule has 0 radical (unpaired) electrons. The predicted molar refractivity (Wildman–Crippen MR) is 76.3 cm³/mol.